The minimum absolute atomic E-state index is 0.692. The summed E-state index contributed by atoms with van der Waals surface area (Å²) >= 11 is 0. The van der Waals surface area contributed by atoms with Gasteiger partial charge in [0, 0.05) is 32.3 Å². The zero-order valence-corrected chi connectivity index (χ0v) is 12.2. The van der Waals surface area contributed by atoms with E-state index < -0.39 is 0 Å². The Labute approximate surface area is 112 Å². The third-order valence-electron chi connectivity index (χ3n) is 4.70. The minimum Gasteiger partial charge on any atom is -0.381 e. The van der Waals surface area contributed by atoms with Gasteiger partial charge in [-0.15, -0.1) is 0 Å². The highest BCUT2D eigenvalue weighted by Crippen LogP contribution is 2.19. The van der Waals surface area contributed by atoms with E-state index in [1.165, 1.54) is 51.9 Å². The summed E-state index contributed by atoms with van der Waals surface area (Å²) in [6, 6.07) is 0.692. The summed E-state index contributed by atoms with van der Waals surface area (Å²) in [5.74, 6) is 1.66. The molecule has 0 aromatic carbocycles. The van der Waals surface area contributed by atoms with E-state index in [1.807, 2.05) is 0 Å². The molecule has 2 unspecified atom stereocenters. The van der Waals surface area contributed by atoms with Crippen LogP contribution < -0.4 is 5.32 Å². The van der Waals surface area contributed by atoms with E-state index >= 15 is 0 Å². The van der Waals surface area contributed by atoms with Crippen LogP contribution in [0, 0.1) is 11.8 Å². The van der Waals surface area contributed by atoms with Crippen LogP contribution in [0.4, 0.5) is 0 Å². The van der Waals surface area contributed by atoms with E-state index in [4.69, 9.17) is 4.74 Å². The molecule has 0 aromatic heterocycles. The molecule has 3 heteroatoms. The molecule has 2 atom stereocenters. The van der Waals surface area contributed by atoms with Gasteiger partial charge in [-0.25, -0.2) is 0 Å². The van der Waals surface area contributed by atoms with Crippen molar-refractivity contribution in [1.29, 1.82) is 0 Å². The first-order valence-electron chi connectivity index (χ1n) is 7.83. The van der Waals surface area contributed by atoms with Crippen LogP contribution in [0.15, 0.2) is 0 Å². The lowest BCUT2D eigenvalue weighted by Crippen LogP contribution is -2.43. The first kappa shape index (κ1) is 14.3. The lowest BCUT2D eigenvalue weighted by atomic mass is 9.97. The summed E-state index contributed by atoms with van der Waals surface area (Å²) in [4.78, 5) is 2.70. The third kappa shape index (κ3) is 4.22. The molecular formula is C15H30N2O. The van der Waals surface area contributed by atoms with Crippen LogP contribution in [0.5, 0.6) is 0 Å². The van der Waals surface area contributed by atoms with Crippen molar-refractivity contribution in [3.05, 3.63) is 0 Å². The van der Waals surface area contributed by atoms with Crippen molar-refractivity contribution in [1.82, 2.24) is 10.2 Å². The highest BCUT2D eigenvalue weighted by Gasteiger charge is 2.24. The summed E-state index contributed by atoms with van der Waals surface area (Å²) in [5, 5.41) is 3.73. The molecular weight excluding hydrogens is 224 g/mol. The monoisotopic (exact) mass is 254 g/mol. The number of rotatable bonds is 4. The lowest BCUT2D eigenvalue weighted by molar-refractivity contribution is 0.0515. The third-order valence-corrected chi connectivity index (χ3v) is 4.70. The maximum Gasteiger partial charge on any atom is 0.0469 e. The van der Waals surface area contributed by atoms with Crippen LogP contribution in [0.2, 0.25) is 0 Å². The molecule has 0 spiro atoms. The standard InChI is InChI=1S/C15H30N2O/c1-3-13(2)15-12-17(8-4-7-16-15)11-14-5-9-18-10-6-14/h13-16H,3-12H2,1-2H3. The van der Waals surface area contributed by atoms with Crippen molar-refractivity contribution in [3.8, 4) is 0 Å². The van der Waals surface area contributed by atoms with Crippen molar-refractivity contribution in [2.24, 2.45) is 11.8 Å². The van der Waals surface area contributed by atoms with E-state index in [2.05, 4.69) is 24.1 Å². The fourth-order valence-electron chi connectivity index (χ4n) is 3.15. The summed E-state index contributed by atoms with van der Waals surface area (Å²) in [6.07, 6.45) is 5.11. The average molecular weight is 254 g/mol. The second-order valence-electron chi connectivity index (χ2n) is 6.12. The second-order valence-corrected chi connectivity index (χ2v) is 6.12. The fourth-order valence-corrected chi connectivity index (χ4v) is 3.15. The van der Waals surface area contributed by atoms with Gasteiger partial charge in [0.15, 0.2) is 0 Å². The number of hydrogen-bond donors (Lipinski definition) is 1. The largest absolute Gasteiger partial charge is 0.381 e. The molecule has 18 heavy (non-hydrogen) atoms. The first-order valence-corrected chi connectivity index (χ1v) is 7.83. The molecule has 2 aliphatic heterocycles. The van der Waals surface area contributed by atoms with Crippen LogP contribution in [0.1, 0.15) is 39.5 Å². The minimum atomic E-state index is 0.692. The van der Waals surface area contributed by atoms with Gasteiger partial charge < -0.3 is 15.0 Å². The van der Waals surface area contributed by atoms with E-state index in [0.29, 0.717) is 6.04 Å². The molecule has 1 N–H and O–H groups in total. The Bertz CT molecular complexity index is 229. The van der Waals surface area contributed by atoms with Crippen LogP contribution in [0.25, 0.3) is 0 Å². The molecule has 2 saturated heterocycles. The zero-order chi connectivity index (χ0) is 12.8. The van der Waals surface area contributed by atoms with Gasteiger partial charge in [0.1, 0.15) is 0 Å². The Hall–Kier alpha value is -0.120. The smallest absolute Gasteiger partial charge is 0.0469 e. The molecule has 0 aliphatic carbocycles. The molecule has 0 bridgehead atoms. The highest BCUT2D eigenvalue weighted by molar-refractivity contribution is 4.81. The van der Waals surface area contributed by atoms with Gasteiger partial charge in [-0.1, -0.05) is 20.3 Å². The molecule has 3 nitrogen and oxygen atoms in total. The lowest BCUT2D eigenvalue weighted by Gasteiger charge is -2.32. The second kappa shape index (κ2) is 7.46. The number of nitrogens with zero attached hydrogens (tertiary/aromatic N) is 1. The highest BCUT2D eigenvalue weighted by atomic mass is 16.5. The Morgan fingerprint density at radius 3 is 2.83 bits per heavy atom. The first-order chi connectivity index (χ1) is 8.79. The topological polar surface area (TPSA) is 24.5 Å². The van der Waals surface area contributed by atoms with E-state index in [-0.39, 0.29) is 0 Å². The Morgan fingerprint density at radius 2 is 2.11 bits per heavy atom. The molecule has 0 amide bonds. The molecule has 2 aliphatic rings. The van der Waals surface area contributed by atoms with Crippen molar-refractivity contribution in [2.45, 2.75) is 45.6 Å². The van der Waals surface area contributed by atoms with Crippen molar-refractivity contribution in [3.63, 3.8) is 0 Å². The predicted octanol–water partition coefficient (Wildman–Crippen LogP) is 2.12. The molecule has 0 saturated carbocycles. The molecule has 2 heterocycles. The van der Waals surface area contributed by atoms with E-state index in [0.717, 1.165) is 25.0 Å². The van der Waals surface area contributed by atoms with Crippen molar-refractivity contribution >= 4 is 0 Å². The van der Waals surface area contributed by atoms with E-state index in [9.17, 15) is 0 Å². The number of hydrogen-bond acceptors (Lipinski definition) is 3. The van der Waals surface area contributed by atoms with Gasteiger partial charge in [-0.05, 0) is 44.2 Å². The summed E-state index contributed by atoms with van der Waals surface area (Å²) in [7, 11) is 0. The average Bonchev–Trinajstić information content (AvgIpc) is 2.65. The Kier molecular flexibility index (Phi) is 5.93. The van der Waals surface area contributed by atoms with Gasteiger partial charge in [0.25, 0.3) is 0 Å². The molecule has 0 aromatic rings. The maximum atomic E-state index is 5.46. The van der Waals surface area contributed by atoms with Gasteiger partial charge in [0.05, 0.1) is 0 Å². The SMILES string of the molecule is CCC(C)C1CN(CC2CCOCC2)CCCN1. The van der Waals surface area contributed by atoms with Crippen molar-refractivity contribution < 1.29 is 4.74 Å². The van der Waals surface area contributed by atoms with Gasteiger partial charge in [-0.3, -0.25) is 0 Å². The summed E-state index contributed by atoms with van der Waals surface area (Å²) < 4.78 is 5.46. The quantitative estimate of drug-likeness (QED) is 0.832. The molecule has 2 fully saturated rings. The number of nitrogens with one attached hydrogen (secondary N) is 1. The van der Waals surface area contributed by atoms with Crippen molar-refractivity contribution in [2.75, 3.05) is 39.4 Å². The van der Waals surface area contributed by atoms with Gasteiger partial charge in [-0.2, -0.15) is 0 Å². The van der Waals surface area contributed by atoms with Gasteiger partial charge in [0.2, 0.25) is 0 Å². The van der Waals surface area contributed by atoms with E-state index in [1.54, 1.807) is 0 Å². The van der Waals surface area contributed by atoms with Crippen LogP contribution >= 0.6 is 0 Å². The summed E-state index contributed by atoms with van der Waals surface area (Å²) in [6.45, 7) is 11.6. The van der Waals surface area contributed by atoms with Gasteiger partial charge >= 0.3 is 0 Å². The molecule has 2 rings (SSSR count). The van der Waals surface area contributed by atoms with Crippen LogP contribution in [0.3, 0.4) is 0 Å². The van der Waals surface area contributed by atoms with Crippen LogP contribution in [-0.2, 0) is 4.74 Å². The zero-order valence-electron chi connectivity index (χ0n) is 12.2. The Balaban J connectivity index is 1.82. The predicted molar refractivity (Wildman–Crippen MR) is 75.8 cm³/mol. The molecule has 0 radical (unpaired) electrons. The summed E-state index contributed by atoms with van der Waals surface area (Å²) in [5.41, 5.74) is 0. The van der Waals surface area contributed by atoms with Crippen LogP contribution in [-0.4, -0.2) is 50.3 Å². The Morgan fingerprint density at radius 1 is 1.33 bits per heavy atom. The number of ether oxygens (including phenoxy) is 1. The normalized spacial score (nSPS) is 30.0. The fraction of sp³-hybridized carbons (Fsp3) is 1.00. The molecule has 106 valence electrons. The maximum absolute atomic E-state index is 5.46.